The minimum atomic E-state index is -3.61. The largest absolute Gasteiger partial charge is 0.345 e. The standard InChI is InChI=1S/C24H29ClN2O3S/c1-2-23(19-10-9-17-7-3-4-8-18(17)15-19)26-24(28)21-16-20(11-12-22(21)25)31(29,30)27-13-5-6-14-27/h9-12,15-16,23H,2-8,13-14H2,1H3,(H,26,28)/t23-/m1/s1. The van der Waals surface area contributed by atoms with Gasteiger partial charge in [0, 0.05) is 13.1 Å². The number of nitrogens with zero attached hydrogens (tertiary/aromatic N) is 1. The first-order valence-electron chi connectivity index (χ1n) is 11.1. The second-order valence-electron chi connectivity index (χ2n) is 8.42. The fraction of sp³-hybridized carbons (Fsp3) is 0.458. The fourth-order valence-electron chi connectivity index (χ4n) is 4.54. The van der Waals surface area contributed by atoms with Gasteiger partial charge in [-0.1, -0.05) is 36.7 Å². The molecule has 1 amide bonds. The van der Waals surface area contributed by atoms with E-state index in [1.54, 1.807) is 0 Å². The van der Waals surface area contributed by atoms with Crippen LogP contribution in [0.25, 0.3) is 0 Å². The number of amides is 1. The molecule has 2 aliphatic rings. The van der Waals surface area contributed by atoms with E-state index < -0.39 is 10.0 Å². The summed E-state index contributed by atoms with van der Waals surface area (Å²) in [4.78, 5) is 13.2. The number of sulfonamides is 1. The van der Waals surface area contributed by atoms with Gasteiger partial charge < -0.3 is 5.32 Å². The maximum atomic E-state index is 13.1. The van der Waals surface area contributed by atoms with Gasteiger partial charge in [-0.25, -0.2) is 8.42 Å². The van der Waals surface area contributed by atoms with Crippen molar-refractivity contribution in [3.05, 3.63) is 63.7 Å². The number of nitrogens with one attached hydrogen (secondary N) is 1. The van der Waals surface area contributed by atoms with Gasteiger partial charge in [-0.15, -0.1) is 0 Å². The molecule has 2 aromatic carbocycles. The third-order valence-electron chi connectivity index (χ3n) is 6.37. The van der Waals surface area contributed by atoms with Crippen LogP contribution in [-0.4, -0.2) is 31.7 Å². The average molecular weight is 461 g/mol. The molecule has 5 nitrogen and oxygen atoms in total. The number of carbonyl (C=O) groups excluding carboxylic acids is 1. The van der Waals surface area contributed by atoms with Crippen LogP contribution in [-0.2, 0) is 22.9 Å². The first-order chi connectivity index (χ1) is 14.9. The van der Waals surface area contributed by atoms with Crippen LogP contribution in [0.15, 0.2) is 41.3 Å². The second kappa shape index (κ2) is 9.31. The summed E-state index contributed by atoms with van der Waals surface area (Å²) < 4.78 is 27.3. The number of aryl methyl sites for hydroxylation is 2. The molecule has 31 heavy (non-hydrogen) atoms. The lowest BCUT2D eigenvalue weighted by molar-refractivity contribution is 0.0935. The lowest BCUT2D eigenvalue weighted by Gasteiger charge is -2.22. The highest BCUT2D eigenvalue weighted by atomic mass is 35.5. The molecule has 1 aliphatic carbocycles. The number of benzene rings is 2. The molecule has 7 heteroatoms. The predicted octanol–water partition coefficient (Wildman–Crippen LogP) is 4.88. The lowest BCUT2D eigenvalue weighted by Crippen LogP contribution is -2.30. The summed E-state index contributed by atoms with van der Waals surface area (Å²) in [5.41, 5.74) is 4.04. The van der Waals surface area contributed by atoms with Gasteiger partial charge >= 0.3 is 0 Å². The Morgan fingerprint density at radius 2 is 1.74 bits per heavy atom. The van der Waals surface area contributed by atoms with Crippen molar-refractivity contribution in [1.82, 2.24) is 9.62 Å². The van der Waals surface area contributed by atoms with Gasteiger partial charge in [-0.3, -0.25) is 4.79 Å². The Bertz CT molecular complexity index is 1080. The van der Waals surface area contributed by atoms with E-state index in [1.165, 1.54) is 46.5 Å². The summed E-state index contributed by atoms with van der Waals surface area (Å²) in [6, 6.07) is 10.7. The van der Waals surface area contributed by atoms with Crippen molar-refractivity contribution in [3.63, 3.8) is 0 Å². The SMILES string of the molecule is CC[C@@H](NC(=O)c1cc(S(=O)(=O)N2CCCC2)ccc1Cl)c1ccc2c(c1)CCCC2. The van der Waals surface area contributed by atoms with Crippen molar-refractivity contribution >= 4 is 27.5 Å². The molecule has 1 fully saturated rings. The highest BCUT2D eigenvalue weighted by Crippen LogP contribution is 2.28. The minimum Gasteiger partial charge on any atom is -0.345 e. The van der Waals surface area contributed by atoms with Crippen molar-refractivity contribution in [1.29, 1.82) is 0 Å². The van der Waals surface area contributed by atoms with E-state index in [2.05, 4.69) is 23.5 Å². The summed E-state index contributed by atoms with van der Waals surface area (Å²) in [6.45, 7) is 3.06. The Hall–Kier alpha value is -1.89. The van der Waals surface area contributed by atoms with Crippen LogP contribution < -0.4 is 5.32 Å². The second-order valence-corrected chi connectivity index (χ2v) is 10.8. The summed E-state index contributed by atoms with van der Waals surface area (Å²) in [7, 11) is -3.61. The molecule has 1 heterocycles. The van der Waals surface area contributed by atoms with Crippen LogP contribution >= 0.6 is 11.6 Å². The maximum Gasteiger partial charge on any atom is 0.253 e. The molecular weight excluding hydrogens is 432 g/mol. The predicted molar refractivity (Wildman–Crippen MR) is 123 cm³/mol. The van der Waals surface area contributed by atoms with Gasteiger partial charge in [0.25, 0.3) is 5.91 Å². The zero-order chi connectivity index (χ0) is 22.0. The number of fused-ring (bicyclic) bond motifs is 1. The Morgan fingerprint density at radius 3 is 2.45 bits per heavy atom. The number of carbonyl (C=O) groups is 1. The van der Waals surface area contributed by atoms with Gasteiger partial charge in [0.05, 0.1) is 21.5 Å². The zero-order valence-electron chi connectivity index (χ0n) is 17.9. The smallest absolute Gasteiger partial charge is 0.253 e. The van der Waals surface area contributed by atoms with Gasteiger partial charge in [0.15, 0.2) is 0 Å². The zero-order valence-corrected chi connectivity index (χ0v) is 19.4. The first-order valence-corrected chi connectivity index (χ1v) is 12.9. The summed E-state index contributed by atoms with van der Waals surface area (Å²) in [6.07, 6.45) is 7.08. The van der Waals surface area contributed by atoms with Gasteiger partial charge in [0.2, 0.25) is 10.0 Å². The number of hydrogen-bond acceptors (Lipinski definition) is 3. The molecule has 0 unspecified atom stereocenters. The van der Waals surface area contributed by atoms with Crippen LogP contribution in [0.5, 0.6) is 0 Å². The molecule has 166 valence electrons. The van der Waals surface area contributed by atoms with Crippen molar-refractivity contribution in [3.8, 4) is 0 Å². The van der Waals surface area contributed by atoms with E-state index in [4.69, 9.17) is 11.6 Å². The van der Waals surface area contributed by atoms with E-state index in [0.717, 1.165) is 37.7 Å². The van der Waals surface area contributed by atoms with Crippen LogP contribution in [0.3, 0.4) is 0 Å². The molecule has 1 atom stereocenters. The van der Waals surface area contributed by atoms with E-state index in [9.17, 15) is 13.2 Å². The van der Waals surface area contributed by atoms with Crippen molar-refractivity contribution in [2.24, 2.45) is 0 Å². The normalized spacial score (nSPS) is 17.9. The van der Waals surface area contributed by atoms with Crippen LogP contribution in [0, 0.1) is 0 Å². The first kappa shape index (κ1) is 22.3. The third-order valence-corrected chi connectivity index (χ3v) is 8.60. The average Bonchev–Trinajstić information content (AvgIpc) is 3.33. The van der Waals surface area contributed by atoms with E-state index in [-0.39, 0.29) is 27.4 Å². The summed E-state index contributed by atoms with van der Waals surface area (Å²) in [5.74, 6) is -0.354. The van der Waals surface area contributed by atoms with Crippen LogP contribution in [0.4, 0.5) is 0 Å². The maximum absolute atomic E-state index is 13.1. The Kier molecular flexibility index (Phi) is 6.70. The van der Waals surface area contributed by atoms with Gasteiger partial charge in [-0.2, -0.15) is 4.31 Å². The third kappa shape index (κ3) is 4.66. The highest BCUT2D eigenvalue weighted by Gasteiger charge is 2.28. The van der Waals surface area contributed by atoms with Gasteiger partial charge in [-0.05, 0) is 79.8 Å². The van der Waals surface area contributed by atoms with E-state index in [0.29, 0.717) is 13.1 Å². The molecule has 4 rings (SSSR count). The van der Waals surface area contributed by atoms with Crippen molar-refractivity contribution in [2.45, 2.75) is 62.8 Å². The molecule has 0 radical (unpaired) electrons. The van der Waals surface area contributed by atoms with Crippen molar-refractivity contribution < 1.29 is 13.2 Å². The monoisotopic (exact) mass is 460 g/mol. The molecule has 0 saturated carbocycles. The van der Waals surface area contributed by atoms with Crippen LogP contribution in [0.1, 0.15) is 72.1 Å². The molecule has 1 N–H and O–H groups in total. The summed E-state index contributed by atoms with van der Waals surface area (Å²) in [5, 5.41) is 3.31. The topological polar surface area (TPSA) is 66.5 Å². The molecule has 1 saturated heterocycles. The Labute approximate surface area is 189 Å². The fourth-order valence-corrected chi connectivity index (χ4v) is 6.29. The number of rotatable bonds is 6. The van der Waals surface area contributed by atoms with Crippen molar-refractivity contribution in [2.75, 3.05) is 13.1 Å². The van der Waals surface area contributed by atoms with E-state index >= 15 is 0 Å². The summed E-state index contributed by atoms with van der Waals surface area (Å²) >= 11 is 6.30. The molecule has 0 aromatic heterocycles. The highest BCUT2D eigenvalue weighted by molar-refractivity contribution is 7.89. The molecule has 0 spiro atoms. The Balaban J connectivity index is 1.57. The number of hydrogen-bond donors (Lipinski definition) is 1. The number of halogens is 1. The Morgan fingerprint density at radius 1 is 1.03 bits per heavy atom. The molecule has 1 aliphatic heterocycles. The minimum absolute atomic E-state index is 0.116. The lowest BCUT2D eigenvalue weighted by atomic mass is 9.88. The van der Waals surface area contributed by atoms with E-state index in [1.807, 2.05) is 6.92 Å². The molecule has 2 aromatic rings. The quantitative estimate of drug-likeness (QED) is 0.667. The van der Waals surface area contributed by atoms with Gasteiger partial charge in [0.1, 0.15) is 0 Å². The molecule has 0 bridgehead atoms. The van der Waals surface area contributed by atoms with Crippen LogP contribution in [0.2, 0.25) is 5.02 Å². The molecular formula is C24H29ClN2O3S.